The van der Waals surface area contributed by atoms with E-state index in [1.807, 2.05) is 23.5 Å². The molecule has 0 fully saturated rings. The van der Waals surface area contributed by atoms with Crippen molar-refractivity contribution in [3.8, 4) is 0 Å². The molecule has 0 saturated heterocycles. The zero-order valence-electron chi connectivity index (χ0n) is 20.3. The van der Waals surface area contributed by atoms with Crippen LogP contribution in [0.25, 0.3) is 21.8 Å². The summed E-state index contributed by atoms with van der Waals surface area (Å²) in [6.45, 7) is 17.5. The van der Waals surface area contributed by atoms with Gasteiger partial charge < -0.3 is 0 Å². The first kappa shape index (κ1) is 27.4. The van der Waals surface area contributed by atoms with Gasteiger partial charge in [-0.3, -0.25) is 9.36 Å². The quantitative estimate of drug-likeness (QED) is 0.320. The molecule has 0 radical (unpaired) electrons. The van der Waals surface area contributed by atoms with E-state index >= 15 is 0 Å². The molecule has 0 bridgehead atoms. The van der Waals surface area contributed by atoms with Crippen molar-refractivity contribution in [2.45, 2.75) is 82.1 Å². The smallest absolute Gasteiger partial charge is 0.0929 e. The van der Waals surface area contributed by atoms with Crippen molar-refractivity contribution < 1.29 is 0 Å². The first-order chi connectivity index (χ1) is 14.0. The molecule has 0 unspecified atom stereocenters. The van der Waals surface area contributed by atoms with E-state index in [0.29, 0.717) is 11.8 Å². The third kappa shape index (κ3) is 5.06. The summed E-state index contributed by atoms with van der Waals surface area (Å²) < 4.78 is 3.92. The van der Waals surface area contributed by atoms with Gasteiger partial charge >= 0.3 is 0 Å². The third-order valence-electron chi connectivity index (χ3n) is 6.18. The van der Waals surface area contributed by atoms with Crippen LogP contribution >= 0.6 is 0 Å². The largest absolute Gasteiger partial charge is 0.272 e. The fraction of sp³-hybridized carbons (Fsp3) is 0.500. The summed E-state index contributed by atoms with van der Waals surface area (Å²) in [4.78, 5) is 0. The van der Waals surface area contributed by atoms with Gasteiger partial charge in [-0.25, -0.2) is 0 Å². The second-order valence-electron chi connectivity index (χ2n) is 9.18. The molecule has 0 spiro atoms. The van der Waals surface area contributed by atoms with Crippen LogP contribution in [0, 0.1) is 27.7 Å². The third-order valence-corrected chi connectivity index (χ3v) is 6.18. The molecular weight excluding hydrogens is 392 g/mol. The lowest BCUT2D eigenvalue weighted by molar-refractivity contribution is 0.750. The zero-order chi connectivity index (χ0) is 22.3. The predicted molar refractivity (Wildman–Crippen MR) is 142 cm³/mol. The Kier molecular flexibility index (Phi) is 8.85. The normalized spacial score (nSPS) is 10.9. The molecule has 4 heteroatoms. The molecule has 0 amide bonds. The number of rotatable bonds is 2. The lowest BCUT2D eigenvalue weighted by atomic mass is 9.96. The maximum absolute atomic E-state index is 4.51. The Morgan fingerprint density at radius 2 is 1.16 bits per heavy atom. The molecule has 0 aliphatic carbocycles. The minimum absolute atomic E-state index is 0. The molecule has 176 valence electrons. The summed E-state index contributed by atoms with van der Waals surface area (Å²) in [6.07, 6.45) is 0. The van der Waals surface area contributed by atoms with E-state index < -0.39 is 0 Å². The van der Waals surface area contributed by atoms with Gasteiger partial charge in [-0.1, -0.05) is 42.5 Å². The molecule has 2 heterocycles. The van der Waals surface area contributed by atoms with Crippen molar-refractivity contribution in [2.75, 3.05) is 0 Å². The fourth-order valence-corrected chi connectivity index (χ4v) is 4.34. The second kappa shape index (κ2) is 10.3. The molecule has 2 aromatic heterocycles. The highest BCUT2D eigenvalue weighted by Gasteiger charge is 2.11. The molecule has 32 heavy (non-hydrogen) atoms. The van der Waals surface area contributed by atoms with Gasteiger partial charge in [-0.2, -0.15) is 10.2 Å². The van der Waals surface area contributed by atoms with E-state index in [-0.39, 0.29) is 14.9 Å². The topological polar surface area (TPSA) is 35.6 Å². The average Bonchev–Trinajstić information content (AvgIpc) is 3.09. The van der Waals surface area contributed by atoms with Crippen molar-refractivity contribution in [3.63, 3.8) is 0 Å². The average molecular weight is 437 g/mol. The van der Waals surface area contributed by atoms with E-state index in [1.165, 1.54) is 44.2 Å². The van der Waals surface area contributed by atoms with Crippen molar-refractivity contribution in [1.29, 1.82) is 0 Å². The van der Waals surface area contributed by atoms with Crippen LogP contribution < -0.4 is 0 Å². The highest BCUT2D eigenvalue weighted by atomic mass is 15.3. The molecule has 0 aliphatic heterocycles. The highest BCUT2D eigenvalue weighted by molar-refractivity contribution is 5.84. The maximum atomic E-state index is 4.51. The molecule has 4 nitrogen and oxygen atoms in total. The number of aromatic nitrogens is 4. The lowest BCUT2D eigenvalue weighted by Gasteiger charge is -2.10. The Balaban J connectivity index is 0.000000301. The SMILES string of the molecule is C.C.Cc1cc2c(C)n(C)nc2cc1C(C)C.Cc1cc2c(C)nn(C)c2cc1C(C)C. The maximum Gasteiger partial charge on any atom is 0.0929 e. The van der Waals surface area contributed by atoms with Crippen LogP contribution in [0.5, 0.6) is 0 Å². The second-order valence-corrected chi connectivity index (χ2v) is 9.18. The number of benzene rings is 2. The van der Waals surface area contributed by atoms with Gasteiger partial charge in [0.2, 0.25) is 0 Å². The van der Waals surface area contributed by atoms with Gasteiger partial charge in [0.25, 0.3) is 0 Å². The van der Waals surface area contributed by atoms with Crippen LogP contribution in [0.4, 0.5) is 0 Å². The molecule has 2 aromatic carbocycles. The van der Waals surface area contributed by atoms with Crippen molar-refractivity contribution >= 4 is 21.8 Å². The van der Waals surface area contributed by atoms with E-state index in [9.17, 15) is 0 Å². The number of fused-ring (bicyclic) bond motifs is 2. The number of aryl methyl sites for hydroxylation is 6. The van der Waals surface area contributed by atoms with E-state index in [4.69, 9.17) is 0 Å². The predicted octanol–water partition coefficient (Wildman–Crippen LogP) is 7.90. The van der Waals surface area contributed by atoms with Crippen LogP contribution in [0.1, 0.15) is 88.0 Å². The molecule has 0 saturated carbocycles. The van der Waals surface area contributed by atoms with Crippen molar-refractivity contribution in [2.24, 2.45) is 14.1 Å². The van der Waals surface area contributed by atoms with Crippen molar-refractivity contribution in [3.05, 3.63) is 57.9 Å². The lowest BCUT2D eigenvalue weighted by Crippen LogP contribution is -1.94. The zero-order valence-corrected chi connectivity index (χ0v) is 20.3. The minimum atomic E-state index is 0. The summed E-state index contributed by atoms with van der Waals surface area (Å²) >= 11 is 0. The summed E-state index contributed by atoms with van der Waals surface area (Å²) in [7, 11) is 4.01. The monoisotopic (exact) mass is 436 g/mol. The Morgan fingerprint density at radius 3 is 1.69 bits per heavy atom. The Labute approximate surface area is 195 Å². The number of hydrogen-bond acceptors (Lipinski definition) is 2. The van der Waals surface area contributed by atoms with Crippen molar-refractivity contribution in [1.82, 2.24) is 19.6 Å². The minimum Gasteiger partial charge on any atom is -0.272 e. The van der Waals surface area contributed by atoms with E-state index in [2.05, 4.69) is 89.9 Å². The van der Waals surface area contributed by atoms with Crippen LogP contribution in [-0.4, -0.2) is 19.6 Å². The summed E-state index contributed by atoms with van der Waals surface area (Å²) in [5, 5.41) is 11.5. The fourth-order valence-electron chi connectivity index (χ4n) is 4.34. The molecule has 4 rings (SSSR count). The molecular formula is C28H44N4. The Bertz CT molecular complexity index is 1200. The van der Waals surface area contributed by atoms with Gasteiger partial charge in [0, 0.05) is 30.6 Å². The number of nitrogens with zero attached hydrogens (tertiary/aromatic N) is 4. The van der Waals surface area contributed by atoms with Crippen LogP contribution in [0.15, 0.2) is 24.3 Å². The molecule has 0 aliphatic rings. The van der Waals surface area contributed by atoms with E-state index in [0.717, 1.165) is 11.2 Å². The summed E-state index contributed by atoms with van der Waals surface area (Å²) in [6, 6.07) is 9.01. The summed E-state index contributed by atoms with van der Waals surface area (Å²) in [5.74, 6) is 1.14. The van der Waals surface area contributed by atoms with Gasteiger partial charge in [0.15, 0.2) is 0 Å². The van der Waals surface area contributed by atoms with Crippen LogP contribution in [0.2, 0.25) is 0 Å². The Hall–Kier alpha value is -2.62. The van der Waals surface area contributed by atoms with Gasteiger partial charge in [0.05, 0.1) is 16.7 Å². The molecule has 4 aromatic rings. The summed E-state index contributed by atoms with van der Waals surface area (Å²) in [5.41, 5.74) is 10.3. The van der Waals surface area contributed by atoms with Crippen LogP contribution in [-0.2, 0) is 14.1 Å². The highest BCUT2D eigenvalue weighted by Crippen LogP contribution is 2.27. The first-order valence-corrected chi connectivity index (χ1v) is 10.9. The molecule has 0 N–H and O–H groups in total. The van der Waals surface area contributed by atoms with Gasteiger partial charge in [-0.05, 0) is 86.1 Å². The first-order valence-electron chi connectivity index (χ1n) is 10.9. The van der Waals surface area contributed by atoms with Gasteiger partial charge in [-0.15, -0.1) is 0 Å². The number of hydrogen-bond donors (Lipinski definition) is 0. The van der Waals surface area contributed by atoms with Gasteiger partial charge in [0.1, 0.15) is 0 Å². The van der Waals surface area contributed by atoms with E-state index in [1.54, 1.807) is 0 Å². The Morgan fingerprint density at radius 1 is 0.656 bits per heavy atom. The standard InChI is InChI=1S/2C13H18N2.2CH4/c1-8(2)11-7-13-12(6-9(11)3)10(4)15(5)14-13;1-8(2)11-7-13-12(6-9(11)3)10(4)14-15(13)5;;/h2*6-8H,1-5H3;2*1H4. The van der Waals surface area contributed by atoms with Crippen LogP contribution in [0.3, 0.4) is 0 Å². The molecule has 0 atom stereocenters.